The van der Waals surface area contributed by atoms with Crippen LogP contribution in [0.5, 0.6) is 0 Å². The van der Waals surface area contributed by atoms with Gasteiger partial charge in [0.15, 0.2) is 0 Å². The molecule has 9 nitrogen and oxygen atoms in total. The van der Waals surface area contributed by atoms with Gasteiger partial charge in [-0.3, -0.25) is 19.1 Å². The molecule has 2 heterocycles. The van der Waals surface area contributed by atoms with E-state index in [9.17, 15) is 27.2 Å². The zero-order chi connectivity index (χ0) is 26.9. The number of rotatable bonds is 5. The lowest BCUT2D eigenvalue weighted by atomic mass is 10.0. The smallest absolute Gasteiger partial charge is 0.259 e. The van der Waals surface area contributed by atoms with Gasteiger partial charge in [0.25, 0.3) is 5.91 Å². The number of nitrogens with one attached hydrogen (secondary N) is 3. The number of hydrogen-bond acceptors (Lipinski definition) is 6. The van der Waals surface area contributed by atoms with Crippen LogP contribution in [0.15, 0.2) is 36.4 Å². The molecule has 0 unspecified atom stereocenters. The van der Waals surface area contributed by atoms with Crippen molar-refractivity contribution in [1.29, 1.82) is 0 Å². The maximum Gasteiger partial charge on any atom is 0.259 e. The number of carbonyl (C=O) groups excluding carboxylic acids is 3. The van der Waals surface area contributed by atoms with E-state index in [1.807, 2.05) is 12.2 Å². The fourth-order valence-corrected chi connectivity index (χ4v) is 6.89. The van der Waals surface area contributed by atoms with Crippen LogP contribution < -0.4 is 15.4 Å². The molecule has 3 N–H and O–H groups in total. The highest BCUT2D eigenvalue weighted by Gasteiger charge is 2.61. The van der Waals surface area contributed by atoms with Crippen LogP contribution in [0, 0.1) is 11.7 Å². The molecule has 2 aliphatic heterocycles. The van der Waals surface area contributed by atoms with E-state index in [2.05, 4.69) is 15.4 Å². The summed E-state index contributed by atoms with van der Waals surface area (Å²) in [6, 6.07) is 4.50. The van der Waals surface area contributed by atoms with Crippen LogP contribution in [0.3, 0.4) is 0 Å². The second kappa shape index (κ2) is 10.7. The lowest BCUT2D eigenvalue weighted by molar-refractivity contribution is -0.140. The average Bonchev–Trinajstić information content (AvgIpc) is 3.80. The largest absolute Gasteiger partial charge is 0.374 e. The Kier molecular flexibility index (Phi) is 7.48. The standard InChI is InChI=1S/C27H35FN4O5S/c28-19-10-12-20(13-11-19)29-22-8-5-3-1-2-4-7-18-17-27(18,26(35)31-38(36,37)21-14-15-21)30-24(33)23-9-6-16-32(23)25(22)34/h4,7,10-13,18,21-23,29H,1-3,5-6,8-9,14-17H2,(H,30,33)(H,31,35)/b7-4-/t18-,22+,23+,27-/m1/s1. The predicted octanol–water partition coefficient (Wildman–Crippen LogP) is 2.60. The summed E-state index contributed by atoms with van der Waals surface area (Å²) in [5.41, 5.74) is -0.710. The van der Waals surface area contributed by atoms with Gasteiger partial charge in [-0.25, -0.2) is 12.8 Å². The minimum absolute atomic E-state index is 0.206. The van der Waals surface area contributed by atoms with Crippen molar-refractivity contribution in [3.05, 3.63) is 42.2 Å². The van der Waals surface area contributed by atoms with Gasteiger partial charge < -0.3 is 15.5 Å². The van der Waals surface area contributed by atoms with Gasteiger partial charge in [-0.2, -0.15) is 0 Å². The molecule has 4 aliphatic rings. The van der Waals surface area contributed by atoms with Gasteiger partial charge in [-0.1, -0.05) is 25.0 Å². The minimum Gasteiger partial charge on any atom is -0.374 e. The molecule has 4 atom stereocenters. The summed E-state index contributed by atoms with van der Waals surface area (Å²) < 4.78 is 40.6. The van der Waals surface area contributed by atoms with Crippen molar-refractivity contribution in [1.82, 2.24) is 14.9 Å². The molecule has 1 saturated heterocycles. The number of sulfonamides is 1. The Hall–Kier alpha value is -2.95. The molecular formula is C27H35FN4O5S. The summed E-state index contributed by atoms with van der Waals surface area (Å²) in [7, 11) is -3.77. The van der Waals surface area contributed by atoms with Gasteiger partial charge in [0.2, 0.25) is 21.8 Å². The molecule has 5 rings (SSSR count). The number of amides is 3. The third-order valence-corrected chi connectivity index (χ3v) is 9.84. The maximum atomic E-state index is 13.7. The van der Waals surface area contributed by atoms with Crippen LogP contribution in [0.1, 0.15) is 64.2 Å². The monoisotopic (exact) mass is 546 g/mol. The zero-order valence-electron chi connectivity index (χ0n) is 21.3. The van der Waals surface area contributed by atoms with Crippen molar-refractivity contribution in [3.63, 3.8) is 0 Å². The van der Waals surface area contributed by atoms with Crippen molar-refractivity contribution in [2.24, 2.45) is 5.92 Å². The molecule has 11 heteroatoms. The van der Waals surface area contributed by atoms with E-state index in [-0.39, 0.29) is 17.6 Å². The van der Waals surface area contributed by atoms with Crippen molar-refractivity contribution >= 4 is 33.4 Å². The third-order valence-electron chi connectivity index (χ3n) is 8.02. The number of fused-ring (bicyclic) bond motifs is 2. The first-order chi connectivity index (χ1) is 18.2. The van der Waals surface area contributed by atoms with Gasteiger partial charge in [0.1, 0.15) is 23.4 Å². The lowest BCUT2D eigenvalue weighted by Crippen LogP contribution is -2.57. The molecule has 3 fully saturated rings. The highest BCUT2D eigenvalue weighted by atomic mass is 32.2. The predicted molar refractivity (Wildman–Crippen MR) is 140 cm³/mol. The number of benzene rings is 1. The number of nitrogens with zero attached hydrogens (tertiary/aromatic N) is 1. The van der Waals surface area contributed by atoms with Crippen molar-refractivity contribution < 1.29 is 27.2 Å². The second-order valence-corrected chi connectivity index (χ2v) is 12.9. The summed E-state index contributed by atoms with van der Waals surface area (Å²) in [6.07, 6.45) is 10.3. The number of anilines is 1. The molecule has 3 amide bonds. The first-order valence-corrected chi connectivity index (χ1v) is 15.1. The summed E-state index contributed by atoms with van der Waals surface area (Å²) >= 11 is 0. The minimum atomic E-state index is -3.77. The Bertz CT molecular complexity index is 1220. The molecule has 0 bridgehead atoms. The summed E-state index contributed by atoms with van der Waals surface area (Å²) in [5, 5.41) is 5.53. The Morgan fingerprint density at radius 1 is 1.03 bits per heavy atom. The van der Waals surface area contributed by atoms with E-state index in [1.165, 1.54) is 12.1 Å². The number of carbonyl (C=O) groups is 3. The molecule has 2 saturated carbocycles. The third kappa shape index (κ3) is 5.72. The first-order valence-electron chi connectivity index (χ1n) is 13.6. The second-order valence-electron chi connectivity index (χ2n) is 10.9. The molecule has 2 aliphatic carbocycles. The van der Waals surface area contributed by atoms with E-state index >= 15 is 0 Å². The number of hydrogen-bond donors (Lipinski definition) is 3. The van der Waals surface area contributed by atoms with E-state index in [1.54, 1.807) is 17.0 Å². The van der Waals surface area contributed by atoms with E-state index in [4.69, 9.17) is 0 Å². The molecule has 1 aromatic carbocycles. The lowest BCUT2D eigenvalue weighted by Gasteiger charge is -2.30. The molecule has 0 aromatic heterocycles. The summed E-state index contributed by atoms with van der Waals surface area (Å²) in [4.78, 5) is 42.0. The van der Waals surface area contributed by atoms with Crippen LogP contribution in [0.25, 0.3) is 0 Å². The van der Waals surface area contributed by atoms with Crippen LogP contribution in [-0.2, 0) is 24.4 Å². The maximum absolute atomic E-state index is 13.7. The van der Waals surface area contributed by atoms with Gasteiger partial charge in [0, 0.05) is 18.2 Å². The van der Waals surface area contributed by atoms with Gasteiger partial charge >= 0.3 is 0 Å². The fourth-order valence-electron chi connectivity index (χ4n) is 5.52. The number of allylic oxidation sites excluding steroid dienone is 1. The van der Waals surface area contributed by atoms with Crippen LogP contribution >= 0.6 is 0 Å². The normalized spacial score (nSPS) is 31.2. The van der Waals surface area contributed by atoms with E-state index < -0.39 is 44.7 Å². The van der Waals surface area contributed by atoms with Crippen molar-refractivity contribution in [3.8, 4) is 0 Å². The fraction of sp³-hybridized carbons (Fsp3) is 0.593. The Balaban J connectivity index is 1.37. The van der Waals surface area contributed by atoms with E-state index in [0.717, 1.165) is 25.7 Å². The summed E-state index contributed by atoms with van der Waals surface area (Å²) in [5.74, 6) is -2.02. The highest BCUT2D eigenvalue weighted by molar-refractivity contribution is 7.91. The Morgan fingerprint density at radius 3 is 2.53 bits per heavy atom. The molecule has 1 aromatic rings. The van der Waals surface area contributed by atoms with E-state index in [0.29, 0.717) is 50.8 Å². The first kappa shape index (κ1) is 26.6. The topological polar surface area (TPSA) is 125 Å². The molecular weight excluding hydrogens is 511 g/mol. The molecule has 206 valence electrons. The SMILES string of the molecule is O=C1N[C@]2(C(=O)NS(=O)(=O)C3CC3)C[C@H]2/C=C\CCCCC[C@H](Nc2ccc(F)cc2)C(=O)N2CCC[C@@H]12. The van der Waals surface area contributed by atoms with Crippen molar-refractivity contribution in [2.45, 2.75) is 87.1 Å². The average molecular weight is 547 g/mol. The molecule has 38 heavy (non-hydrogen) atoms. The number of halogens is 1. The zero-order valence-corrected chi connectivity index (χ0v) is 22.1. The molecule has 0 spiro atoms. The Morgan fingerprint density at radius 2 is 1.79 bits per heavy atom. The highest BCUT2D eigenvalue weighted by Crippen LogP contribution is 2.46. The van der Waals surface area contributed by atoms with Gasteiger partial charge in [-0.05, 0) is 75.6 Å². The summed E-state index contributed by atoms with van der Waals surface area (Å²) in [6.45, 7) is 0.414. The van der Waals surface area contributed by atoms with Crippen LogP contribution in [-0.4, -0.2) is 60.5 Å². The van der Waals surface area contributed by atoms with Crippen LogP contribution in [0.2, 0.25) is 0 Å². The van der Waals surface area contributed by atoms with Crippen molar-refractivity contribution in [2.75, 3.05) is 11.9 Å². The Labute approximate surface area is 222 Å². The quantitative estimate of drug-likeness (QED) is 0.488. The van der Waals surface area contributed by atoms with Gasteiger partial charge in [0.05, 0.1) is 5.25 Å². The van der Waals surface area contributed by atoms with Crippen LogP contribution in [0.4, 0.5) is 10.1 Å². The molecule has 0 radical (unpaired) electrons. The van der Waals surface area contributed by atoms with Gasteiger partial charge in [-0.15, -0.1) is 0 Å².